The zero-order valence-corrected chi connectivity index (χ0v) is 11.2. The van der Waals surface area contributed by atoms with Crippen LogP contribution in [0.1, 0.15) is 12.8 Å². The molecule has 0 bridgehead atoms. The van der Waals surface area contributed by atoms with E-state index in [1.165, 1.54) is 0 Å². The van der Waals surface area contributed by atoms with E-state index in [4.69, 9.17) is 4.74 Å². The molecule has 2 aliphatic rings. The molecule has 0 N–H and O–H groups in total. The summed E-state index contributed by atoms with van der Waals surface area (Å²) in [7, 11) is 0. The van der Waals surface area contributed by atoms with Crippen molar-refractivity contribution in [2.45, 2.75) is 18.9 Å². The van der Waals surface area contributed by atoms with Crippen molar-refractivity contribution in [3.63, 3.8) is 0 Å². The Labute approximate surface area is 117 Å². The lowest BCUT2D eigenvalue weighted by Crippen LogP contribution is -2.54. The lowest BCUT2D eigenvalue weighted by molar-refractivity contribution is -0.144. The highest BCUT2D eigenvalue weighted by Crippen LogP contribution is 2.19. The number of anilines is 1. The van der Waals surface area contributed by atoms with Gasteiger partial charge < -0.3 is 14.5 Å². The summed E-state index contributed by atoms with van der Waals surface area (Å²) in [6.07, 6.45) is 4.66. The minimum absolute atomic E-state index is 0.0540. The monoisotopic (exact) mass is 275 g/mol. The van der Waals surface area contributed by atoms with Crippen LogP contribution in [0.15, 0.2) is 24.5 Å². The Morgan fingerprint density at radius 1 is 1.40 bits per heavy atom. The summed E-state index contributed by atoms with van der Waals surface area (Å²) in [5, 5.41) is 0. The Hall–Kier alpha value is -1.95. The van der Waals surface area contributed by atoms with Crippen LogP contribution >= 0.6 is 0 Å². The van der Waals surface area contributed by atoms with Crippen LogP contribution in [0, 0.1) is 0 Å². The summed E-state index contributed by atoms with van der Waals surface area (Å²) in [6, 6.07) is 3.65. The first-order valence-corrected chi connectivity index (χ1v) is 6.86. The van der Waals surface area contributed by atoms with Crippen LogP contribution in [0.5, 0.6) is 0 Å². The quantitative estimate of drug-likeness (QED) is 0.785. The molecule has 0 aliphatic carbocycles. The maximum Gasteiger partial charge on any atom is 0.252 e. The molecule has 1 atom stereocenters. The third kappa shape index (κ3) is 2.51. The van der Waals surface area contributed by atoms with Crippen LogP contribution in [0.3, 0.4) is 0 Å². The summed E-state index contributed by atoms with van der Waals surface area (Å²) in [4.78, 5) is 31.7. The van der Waals surface area contributed by atoms with Gasteiger partial charge in [-0.05, 0) is 25.0 Å². The standard InChI is InChI=1S/C14H17N3O3/c18-13-10-16(14(19)12-4-2-8-20-12)6-7-17(13)11-3-1-5-15-9-11/h1,3,5,9,12H,2,4,6-8,10H2. The third-order valence-electron chi connectivity index (χ3n) is 3.70. The number of carbonyl (C=O) groups is 2. The van der Waals surface area contributed by atoms with Crippen molar-refractivity contribution in [2.24, 2.45) is 0 Å². The first-order chi connectivity index (χ1) is 9.75. The average molecular weight is 275 g/mol. The number of amides is 2. The zero-order chi connectivity index (χ0) is 13.9. The normalized spacial score (nSPS) is 23.2. The maximum atomic E-state index is 12.2. The third-order valence-corrected chi connectivity index (χ3v) is 3.70. The number of rotatable bonds is 2. The second-order valence-corrected chi connectivity index (χ2v) is 5.02. The van der Waals surface area contributed by atoms with Crippen LogP contribution in [0.25, 0.3) is 0 Å². The van der Waals surface area contributed by atoms with Crippen LogP contribution in [-0.2, 0) is 14.3 Å². The van der Waals surface area contributed by atoms with E-state index < -0.39 is 0 Å². The predicted molar refractivity (Wildman–Crippen MR) is 72.1 cm³/mol. The summed E-state index contributed by atoms with van der Waals surface area (Å²) < 4.78 is 5.39. The molecule has 106 valence electrons. The maximum absolute atomic E-state index is 12.2. The molecule has 2 fully saturated rings. The van der Waals surface area contributed by atoms with Crippen LogP contribution < -0.4 is 4.90 Å². The van der Waals surface area contributed by atoms with Crippen molar-refractivity contribution >= 4 is 17.5 Å². The average Bonchev–Trinajstić information content (AvgIpc) is 3.01. The summed E-state index contributed by atoms with van der Waals surface area (Å²) in [5.74, 6) is -0.128. The summed E-state index contributed by atoms with van der Waals surface area (Å²) >= 11 is 0. The number of carbonyl (C=O) groups excluding carboxylic acids is 2. The van der Waals surface area contributed by atoms with Crippen molar-refractivity contribution in [3.8, 4) is 0 Å². The highest BCUT2D eigenvalue weighted by atomic mass is 16.5. The fourth-order valence-corrected chi connectivity index (χ4v) is 2.62. The molecular formula is C14H17N3O3. The smallest absolute Gasteiger partial charge is 0.252 e. The Morgan fingerprint density at radius 2 is 2.30 bits per heavy atom. The van der Waals surface area contributed by atoms with Crippen molar-refractivity contribution in [3.05, 3.63) is 24.5 Å². The molecule has 3 heterocycles. The number of nitrogens with zero attached hydrogens (tertiary/aromatic N) is 3. The summed E-state index contributed by atoms with van der Waals surface area (Å²) in [5.41, 5.74) is 0.779. The Morgan fingerprint density at radius 3 is 2.95 bits per heavy atom. The highest BCUT2D eigenvalue weighted by Gasteiger charge is 2.33. The van der Waals surface area contributed by atoms with Gasteiger partial charge >= 0.3 is 0 Å². The van der Waals surface area contributed by atoms with Gasteiger partial charge in [-0.3, -0.25) is 14.6 Å². The first kappa shape index (κ1) is 13.1. The van der Waals surface area contributed by atoms with E-state index in [-0.39, 0.29) is 24.5 Å². The van der Waals surface area contributed by atoms with Crippen molar-refractivity contribution < 1.29 is 14.3 Å². The van der Waals surface area contributed by atoms with Gasteiger partial charge in [0.15, 0.2) is 0 Å². The summed E-state index contributed by atoms with van der Waals surface area (Å²) in [6.45, 7) is 1.80. The lowest BCUT2D eigenvalue weighted by Gasteiger charge is -2.35. The predicted octanol–water partition coefficient (Wildman–Crippen LogP) is 0.436. The van der Waals surface area contributed by atoms with Gasteiger partial charge in [-0.1, -0.05) is 0 Å². The van der Waals surface area contributed by atoms with Gasteiger partial charge in [0.05, 0.1) is 11.9 Å². The molecule has 2 saturated heterocycles. The molecule has 0 aromatic carbocycles. The topological polar surface area (TPSA) is 62.7 Å². The molecule has 6 heteroatoms. The number of piperazine rings is 1. The highest BCUT2D eigenvalue weighted by molar-refractivity contribution is 5.98. The number of ether oxygens (including phenoxy) is 1. The second-order valence-electron chi connectivity index (χ2n) is 5.02. The van der Waals surface area contributed by atoms with Crippen molar-refractivity contribution in [1.29, 1.82) is 0 Å². The molecule has 6 nitrogen and oxygen atoms in total. The van der Waals surface area contributed by atoms with Gasteiger partial charge in [0.2, 0.25) is 5.91 Å². The van der Waals surface area contributed by atoms with Crippen molar-refractivity contribution in [1.82, 2.24) is 9.88 Å². The SMILES string of the molecule is O=C(C1CCCO1)N1CCN(c2cccnc2)C(=O)C1. The Bertz CT molecular complexity index is 500. The largest absolute Gasteiger partial charge is 0.368 e. The molecule has 1 aromatic heterocycles. The molecule has 20 heavy (non-hydrogen) atoms. The number of aromatic nitrogens is 1. The minimum Gasteiger partial charge on any atom is -0.368 e. The van der Waals surface area contributed by atoms with E-state index in [9.17, 15) is 9.59 Å². The lowest BCUT2D eigenvalue weighted by atomic mass is 10.2. The molecule has 2 aliphatic heterocycles. The van der Waals surface area contributed by atoms with Gasteiger partial charge in [-0.25, -0.2) is 0 Å². The zero-order valence-electron chi connectivity index (χ0n) is 11.2. The molecule has 1 aromatic rings. The molecule has 0 spiro atoms. The number of hydrogen-bond acceptors (Lipinski definition) is 4. The van der Waals surface area contributed by atoms with Crippen LogP contribution in [0.2, 0.25) is 0 Å². The van der Waals surface area contributed by atoms with E-state index in [1.807, 2.05) is 6.07 Å². The molecule has 3 rings (SSSR count). The van der Waals surface area contributed by atoms with E-state index >= 15 is 0 Å². The van der Waals surface area contributed by atoms with E-state index in [0.29, 0.717) is 19.7 Å². The Kier molecular flexibility index (Phi) is 3.64. The molecule has 0 radical (unpaired) electrons. The number of hydrogen-bond donors (Lipinski definition) is 0. The van der Waals surface area contributed by atoms with Gasteiger partial charge in [0, 0.05) is 25.9 Å². The second kappa shape index (κ2) is 5.58. The molecule has 2 amide bonds. The molecule has 1 unspecified atom stereocenters. The molecular weight excluding hydrogens is 258 g/mol. The van der Waals surface area contributed by atoms with E-state index in [1.54, 1.807) is 28.3 Å². The fourth-order valence-electron chi connectivity index (χ4n) is 2.62. The van der Waals surface area contributed by atoms with Gasteiger partial charge in [0.25, 0.3) is 5.91 Å². The number of pyridine rings is 1. The first-order valence-electron chi connectivity index (χ1n) is 6.86. The van der Waals surface area contributed by atoms with Gasteiger partial charge in [-0.15, -0.1) is 0 Å². The minimum atomic E-state index is -0.354. The van der Waals surface area contributed by atoms with Crippen molar-refractivity contribution in [2.75, 3.05) is 31.1 Å². The Balaban J connectivity index is 1.65. The van der Waals surface area contributed by atoms with Gasteiger partial charge in [-0.2, -0.15) is 0 Å². The van der Waals surface area contributed by atoms with E-state index in [0.717, 1.165) is 18.5 Å². The van der Waals surface area contributed by atoms with Gasteiger partial charge in [0.1, 0.15) is 12.6 Å². The van der Waals surface area contributed by atoms with Crippen LogP contribution in [0.4, 0.5) is 5.69 Å². The van der Waals surface area contributed by atoms with E-state index in [2.05, 4.69) is 4.98 Å². The fraction of sp³-hybridized carbons (Fsp3) is 0.500. The molecule has 0 saturated carbocycles. The van der Waals surface area contributed by atoms with Crippen LogP contribution in [-0.4, -0.2) is 54.0 Å².